The number of phosphoric acid groups is 1. The maximum Gasteiger partial charge on any atom is 0.472 e. The zero-order valence-corrected chi connectivity index (χ0v) is 54.1. The van der Waals surface area contributed by atoms with E-state index < -0.39 is 26.5 Å². The molecule has 2 unspecified atom stereocenters. The molecule has 0 aliphatic heterocycles. The number of hydrogen-bond acceptors (Lipinski definition) is 7. The van der Waals surface area contributed by atoms with Gasteiger partial charge in [-0.15, -0.1) is 0 Å². The Labute approximate surface area is 504 Å². The fourth-order valence-corrected chi connectivity index (χ4v) is 9.44. The Balaban J connectivity index is 4.12. The van der Waals surface area contributed by atoms with Crippen molar-refractivity contribution in [3.63, 3.8) is 0 Å². The highest BCUT2D eigenvalue weighted by molar-refractivity contribution is 7.47. The molecule has 0 fully saturated rings. The predicted octanol–water partition coefficient (Wildman–Crippen LogP) is 21.3. The number of hydrogen-bond donors (Lipinski definition) is 1. The van der Waals surface area contributed by atoms with E-state index in [-0.39, 0.29) is 32.0 Å². The largest absolute Gasteiger partial charge is 0.472 e. The summed E-state index contributed by atoms with van der Waals surface area (Å²) in [6.07, 6.45) is 89.6. The van der Waals surface area contributed by atoms with Crippen molar-refractivity contribution in [1.29, 1.82) is 0 Å². The molecule has 0 aromatic rings. The molecule has 1 N–H and O–H groups in total. The number of carbonyl (C=O) groups is 2. The van der Waals surface area contributed by atoms with Crippen LogP contribution in [0.3, 0.4) is 0 Å². The van der Waals surface area contributed by atoms with Gasteiger partial charge in [0.2, 0.25) is 0 Å². The van der Waals surface area contributed by atoms with Crippen molar-refractivity contribution >= 4 is 19.8 Å². The van der Waals surface area contributed by atoms with Gasteiger partial charge in [0.05, 0.1) is 27.7 Å². The number of quaternary nitrogens is 1. The van der Waals surface area contributed by atoms with E-state index in [9.17, 15) is 19.0 Å². The van der Waals surface area contributed by atoms with Gasteiger partial charge in [-0.3, -0.25) is 18.6 Å². The summed E-state index contributed by atoms with van der Waals surface area (Å²) in [7, 11) is 1.46. The lowest BCUT2D eigenvalue weighted by Gasteiger charge is -2.24. The van der Waals surface area contributed by atoms with Crippen LogP contribution < -0.4 is 0 Å². The summed E-state index contributed by atoms with van der Waals surface area (Å²) in [4.78, 5) is 35.8. The molecule has 0 amide bonds. The van der Waals surface area contributed by atoms with Crippen molar-refractivity contribution in [2.75, 3.05) is 47.5 Å². The van der Waals surface area contributed by atoms with E-state index in [0.717, 1.165) is 116 Å². The first-order valence-electron chi connectivity index (χ1n) is 32.9. The normalized spacial score (nSPS) is 14.1. The molecule has 10 heteroatoms. The number of carbonyl (C=O) groups excluding carboxylic acids is 2. The fraction of sp³-hybridized carbons (Fsp3) is 0.667. The van der Waals surface area contributed by atoms with Crippen LogP contribution in [0.25, 0.3) is 0 Å². The van der Waals surface area contributed by atoms with E-state index in [4.69, 9.17) is 18.5 Å². The van der Waals surface area contributed by atoms with Crippen molar-refractivity contribution in [2.45, 2.75) is 264 Å². The molecule has 0 heterocycles. The zero-order chi connectivity index (χ0) is 59.8. The Morgan fingerprint density at radius 1 is 0.378 bits per heavy atom. The lowest BCUT2D eigenvalue weighted by molar-refractivity contribution is -0.870. The Kier molecular flexibility index (Phi) is 58.8. The van der Waals surface area contributed by atoms with E-state index in [1.807, 2.05) is 21.1 Å². The van der Waals surface area contributed by atoms with E-state index >= 15 is 0 Å². The van der Waals surface area contributed by atoms with Crippen molar-refractivity contribution in [1.82, 2.24) is 0 Å². The Hall–Kier alpha value is -3.85. The molecule has 0 spiro atoms. The van der Waals surface area contributed by atoms with Gasteiger partial charge in [0.15, 0.2) is 6.10 Å². The van der Waals surface area contributed by atoms with Gasteiger partial charge in [0, 0.05) is 12.8 Å². The zero-order valence-electron chi connectivity index (χ0n) is 53.2. The third kappa shape index (κ3) is 65.3. The monoisotopic (exact) mass is 1160 g/mol. The summed E-state index contributed by atoms with van der Waals surface area (Å²) in [5.41, 5.74) is 0. The Bertz CT molecular complexity index is 1850. The van der Waals surface area contributed by atoms with Crippen molar-refractivity contribution in [2.24, 2.45) is 0 Å². The van der Waals surface area contributed by atoms with Crippen molar-refractivity contribution in [3.05, 3.63) is 134 Å². The maximum absolute atomic E-state index is 12.9. The number of rotatable bonds is 59. The van der Waals surface area contributed by atoms with Gasteiger partial charge in [-0.05, 0) is 109 Å². The van der Waals surface area contributed by atoms with Gasteiger partial charge < -0.3 is 18.9 Å². The number of phosphoric ester groups is 1. The minimum atomic E-state index is -4.40. The average molecular weight is 1160 g/mol. The third-order valence-electron chi connectivity index (χ3n) is 13.7. The van der Waals surface area contributed by atoms with Crippen LogP contribution in [0, 0.1) is 0 Å². The smallest absolute Gasteiger partial charge is 0.462 e. The van der Waals surface area contributed by atoms with Crippen LogP contribution in [-0.4, -0.2) is 74.9 Å². The number of esters is 2. The molecule has 9 nitrogen and oxygen atoms in total. The van der Waals surface area contributed by atoms with Gasteiger partial charge >= 0.3 is 19.8 Å². The number of unbranched alkanes of at least 4 members (excludes halogenated alkanes) is 23. The highest BCUT2D eigenvalue weighted by Crippen LogP contribution is 2.43. The minimum Gasteiger partial charge on any atom is -0.462 e. The van der Waals surface area contributed by atoms with Gasteiger partial charge in [0.25, 0.3) is 0 Å². The van der Waals surface area contributed by atoms with E-state index in [1.54, 1.807) is 0 Å². The maximum atomic E-state index is 12.9. The molecular formula is C72H123NO8P+. The summed E-state index contributed by atoms with van der Waals surface area (Å²) < 4.78 is 34.7. The Morgan fingerprint density at radius 3 is 0.976 bits per heavy atom. The molecule has 82 heavy (non-hydrogen) atoms. The molecule has 0 aromatic heterocycles. The quantitative estimate of drug-likeness (QED) is 0.0211. The summed E-state index contributed by atoms with van der Waals surface area (Å²) in [5, 5.41) is 0. The highest BCUT2D eigenvalue weighted by Gasteiger charge is 2.27. The fourth-order valence-electron chi connectivity index (χ4n) is 8.69. The first-order valence-corrected chi connectivity index (χ1v) is 34.4. The second-order valence-corrected chi connectivity index (χ2v) is 24.2. The standard InChI is InChI=1S/C72H122NO8P/c1-6-8-10-12-14-16-18-20-22-24-26-28-30-32-34-35-36-37-39-40-42-44-46-48-50-52-54-56-58-60-62-64-71(74)78-68-70(69-80-82(76,77)79-67-66-73(3,4)5)81-72(75)65-63-61-59-57-55-53-51-49-47-45-43-41-38-33-31-29-27-25-23-21-19-17-15-13-11-9-7-2/h8-11,14-17,20-23,26-29,32-34,38,43,45,70H,6-7,12-13,18-19,24-25,30-31,35-37,39-42,44,46-69H2,1-5H3/p+1/b10-8-,11-9-,16-14-,17-15-,22-20-,23-21-,28-26-,29-27-,34-32-,38-33-,45-43-. The van der Waals surface area contributed by atoms with Gasteiger partial charge in [0.1, 0.15) is 19.8 Å². The number of likely N-dealkylation sites (N-methyl/N-ethyl adjacent to an activating group) is 1. The molecule has 0 rings (SSSR count). The third-order valence-corrected chi connectivity index (χ3v) is 14.7. The molecule has 0 aliphatic rings. The highest BCUT2D eigenvalue weighted by atomic mass is 31.2. The van der Waals surface area contributed by atoms with Crippen LogP contribution in [0.2, 0.25) is 0 Å². The molecular weight excluding hydrogens is 1040 g/mol. The predicted molar refractivity (Wildman–Crippen MR) is 353 cm³/mol. The summed E-state index contributed by atoms with van der Waals surface area (Å²) in [6.45, 7) is 4.20. The van der Waals surface area contributed by atoms with Crippen LogP contribution in [0.4, 0.5) is 0 Å². The molecule has 0 aliphatic carbocycles. The first-order chi connectivity index (χ1) is 40.0. The topological polar surface area (TPSA) is 108 Å². The van der Waals surface area contributed by atoms with E-state index in [0.29, 0.717) is 17.4 Å². The molecule has 0 saturated heterocycles. The van der Waals surface area contributed by atoms with Gasteiger partial charge in [-0.2, -0.15) is 0 Å². The molecule has 0 aromatic carbocycles. The summed E-state index contributed by atoms with van der Waals surface area (Å²) >= 11 is 0. The van der Waals surface area contributed by atoms with Crippen molar-refractivity contribution < 1.29 is 42.1 Å². The first kappa shape index (κ1) is 78.1. The lowest BCUT2D eigenvalue weighted by Crippen LogP contribution is -2.37. The summed E-state index contributed by atoms with van der Waals surface area (Å²) in [6, 6.07) is 0. The average Bonchev–Trinajstić information content (AvgIpc) is 3.46. The molecule has 468 valence electrons. The van der Waals surface area contributed by atoms with Crippen LogP contribution in [0.5, 0.6) is 0 Å². The molecule has 2 atom stereocenters. The summed E-state index contributed by atoms with van der Waals surface area (Å²) in [5.74, 6) is -0.810. The minimum absolute atomic E-state index is 0.0238. The SMILES string of the molecule is CC/C=C\C/C=C\C/C=C\C/C=C\C/C=C\C/C=C\CCCCCCCCCCC(=O)OC(COC(=O)CCCCCCCCCCCCCCCCC/C=C\C/C=C\C/C=C\C/C=C\C/C=C\CC)COP(=O)(O)OCC[N+](C)(C)C. The van der Waals surface area contributed by atoms with Crippen LogP contribution in [0.15, 0.2) is 134 Å². The number of ether oxygens (including phenoxy) is 2. The van der Waals surface area contributed by atoms with Crippen LogP contribution in [0.1, 0.15) is 258 Å². The molecule has 0 bridgehead atoms. The van der Waals surface area contributed by atoms with Gasteiger partial charge in [-0.1, -0.05) is 270 Å². The lowest BCUT2D eigenvalue weighted by atomic mass is 10.0. The number of allylic oxidation sites excluding steroid dienone is 22. The second-order valence-electron chi connectivity index (χ2n) is 22.7. The molecule has 0 radical (unpaired) electrons. The van der Waals surface area contributed by atoms with E-state index in [1.165, 1.54) is 109 Å². The molecule has 0 saturated carbocycles. The van der Waals surface area contributed by atoms with Crippen molar-refractivity contribution in [3.8, 4) is 0 Å². The van der Waals surface area contributed by atoms with Gasteiger partial charge in [-0.25, -0.2) is 4.57 Å². The number of nitrogens with zero attached hydrogens (tertiary/aromatic N) is 1. The van der Waals surface area contributed by atoms with Crippen LogP contribution >= 0.6 is 7.82 Å². The Morgan fingerprint density at radius 2 is 0.659 bits per heavy atom. The van der Waals surface area contributed by atoms with E-state index in [2.05, 4.69) is 148 Å². The van der Waals surface area contributed by atoms with Crippen LogP contribution in [-0.2, 0) is 32.7 Å². The second kappa shape index (κ2) is 61.7.